The van der Waals surface area contributed by atoms with Gasteiger partial charge in [0.2, 0.25) is 0 Å². The fourth-order valence-electron chi connectivity index (χ4n) is 0.438. The van der Waals surface area contributed by atoms with E-state index in [0.717, 1.165) is 18.2 Å². The third-order valence-electron chi connectivity index (χ3n) is 0.920. The molecule has 0 spiro atoms. The SMILES string of the molecule is CCC[C](Cl)C(C)Cl. The highest BCUT2D eigenvalue weighted by Crippen LogP contribution is 2.22. The minimum atomic E-state index is 0.0246. The summed E-state index contributed by atoms with van der Waals surface area (Å²) in [6, 6.07) is 0. The van der Waals surface area contributed by atoms with E-state index >= 15 is 0 Å². The molecule has 0 aromatic rings. The van der Waals surface area contributed by atoms with Gasteiger partial charge in [0.15, 0.2) is 0 Å². The molecule has 0 rings (SSSR count). The van der Waals surface area contributed by atoms with Gasteiger partial charge in [-0.05, 0) is 13.3 Å². The number of hydrogen-bond donors (Lipinski definition) is 0. The Bertz CT molecular complexity index is 52.5. The maximum Gasteiger partial charge on any atom is 0.0812 e. The molecule has 1 unspecified atom stereocenters. The van der Waals surface area contributed by atoms with Gasteiger partial charge in [0.05, 0.1) is 10.8 Å². The molecule has 0 saturated carbocycles. The summed E-state index contributed by atoms with van der Waals surface area (Å²) in [5.74, 6) is 0. The predicted octanol–water partition coefficient (Wildman–Crippen LogP) is 3.18. The Morgan fingerprint density at radius 3 is 2.25 bits per heavy atom. The number of rotatable bonds is 3. The lowest BCUT2D eigenvalue weighted by Gasteiger charge is -2.06. The zero-order valence-corrected chi connectivity index (χ0v) is 6.76. The molecule has 0 saturated heterocycles. The van der Waals surface area contributed by atoms with Gasteiger partial charge in [0.1, 0.15) is 0 Å². The average molecular weight is 154 g/mol. The molecule has 0 nitrogen and oxygen atoms in total. The number of halogens is 2. The molecule has 0 amide bonds. The van der Waals surface area contributed by atoms with E-state index in [1.807, 2.05) is 6.92 Å². The van der Waals surface area contributed by atoms with Crippen molar-refractivity contribution in [2.45, 2.75) is 32.1 Å². The molecule has 0 N–H and O–H groups in total. The molecule has 49 valence electrons. The van der Waals surface area contributed by atoms with Crippen molar-refractivity contribution in [3.05, 3.63) is 5.38 Å². The van der Waals surface area contributed by atoms with Crippen LogP contribution in [-0.2, 0) is 0 Å². The van der Waals surface area contributed by atoms with E-state index in [9.17, 15) is 0 Å². The van der Waals surface area contributed by atoms with Crippen LogP contribution in [0, 0.1) is 5.38 Å². The Balaban J connectivity index is 3.17. The van der Waals surface area contributed by atoms with Crippen LogP contribution in [-0.4, -0.2) is 5.38 Å². The maximum absolute atomic E-state index is 5.70. The second-order valence-corrected chi connectivity index (χ2v) is 2.95. The first-order chi connectivity index (χ1) is 3.68. The summed E-state index contributed by atoms with van der Waals surface area (Å²) in [7, 11) is 0. The summed E-state index contributed by atoms with van der Waals surface area (Å²) in [6.07, 6.45) is 2.02. The Morgan fingerprint density at radius 1 is 1.62 bits per heavy atom. The van der Waals surface area contributed by atoms with Gasteiger partial charge >= 0.3 is 0 Å². The zero-order valence-electron chi connectivity index (χ0n) is 5.25. The van der Waals surface area contributed by atoms with Gasteiger partial charge in [-0.1, -0.05) is 13.3 Å². The minimum Gasteiger partial charge on any atom is -0.121 e. The molecule has 0 aliphatic carbocycles. The Kier molecular flexibility index (Phi) is 4.78. The summed E-state index contributed by atoms with van der Waals surface area (Å²) < 4.78 is 0. The van der Waals surface area contributed by atoms with E-state index in [4.69, 9.17) is 23.2 Å². The molecule has 1 atom stereocenters. The van der Waals surface area contributed by atoms with Crippen molar-refractivity contribution < 1.29 is 0 Å². The van der Waals surface area contributed by atoms with E-state index in [0.29, 0.717) is 0 Å². The van der Waals surface area contributed by atoms with Crippen LogP contribution in [0.2, 0.25) is 0 Å². The third-order valence-corrected chi connectivity index (χ3v) is 1.81. The van der Waals surface area contributed by atoms with Crippen molar-refractivity contribution in [2.24, 2.45) is 0 Å². The molecule has 0 heterocycles. The van der Waals surface area contributed by atoms with Crippen LogP contribution >= 0.6 is 23.2 Å². The predicted molar refractivity (Wildman–Crippen MR) is 39.3 cm³/mol. The first kappa shape index (κ1) is 8.58. The molecule has 0 aromatic carbocycles. The first-order valence-electron chi connectivity index (χ1n) is 2.83. The Morgan fingerprint density at radius 2 is 2.12 bits per heavy atom. The van der Waals surface area contributed by atoms with Crippen LogP contribution in [0.4, 0.5) is 0 Å². The van der Waals surface area contributed by atoms with Gasteiger partial charge in [-0.15, -0.1) is 23.2 Å². The second kappa shape index (κ2) is 4.46. The molecule has 0 bridgehead atoms. The average Bonchev–Trinajstić information content (AvgIpc) is 1.67. The van der Waals surface area contributed by atoms with Crippen molar-refractivity contribution in [2.75, 3.05) is 0 Å². The molecule has 0 aromatic heterocycles. The number of hydrogen-bond acceptors (Lipinski definition) is 0. The van der Waals surface area contributed by atoms with Crippen LogP contribution in [0.5, 0.6) is 0 Å². The van der Waals surface area contributed by atoms with E-state index < -0.39 is 0 Å². The summed E-state index contributed by atoms with van der Waals surface area (Å²) in [5.41, 5.74) is 0. The van der Waals surface area contributed by atoms with Crippen LogP contribution < -0.4 is 0 Å². The van der Waals surface area contributed by atoms with Crippen molar-refractivity contribution in [3.63, 3.8) is 0 Å². The lowest BCUT2D eigenvalue weighted by Crippen LogP contribution is -1.99. The molecule has 2 heteroatoms. The van der Waals surface area contributed by atoms with E-state index in [-0.39, 0.29) is 5.38 Å². The molecule has 0 aliphatic rings. The topological polar surface area (TPSA) is 0 Å². The van der Waals surface area contributed by atoms with Gasteiger partial charge in [0, 0.05) is 0 Å². The fourth-order valence-corrected chi connectivity index (χ4v) is 0.736. The summed E-state index contributed by atoms with van der Waals surface area (Å²) >= 11 is 11.3. The highest BCUT2D eigenvalue weighted by molar-refractivity contribution is 6.34. The highest BCUT2D eigenvalue weighted by Gasteiger charge is 2.09. The van der Waals surface area contributed by atoms with Crippen molar-refractivity contribution in [1.82, 2.24) is 0 Å². The van der Waals surface area contributed by atoms with Crippen LogP contribution in [0.1, 0.15) is 26.7 Å². The molecular weight excluding hydrogens is 143 g/mol. The standard InChI is InChI=1S/C6H11Cl2/c1-3-4-6(8)5(2)7/h5H,3-4H2,1-2H3. The maximum atomic E-state index is 5.70. The Labute approximate surface area is 61.2 Å². The summed E-state index contributed by atoms with van der Waals surface area (Å²) in [5, 5.41) is 0.894. The summed E-state index contributed by atoms with van der Waals surface area (Å²) in [4.78, 5) is 0. The molecule has 0 aliphatic heterocycles. The minimum absolute atomic E-state index is 0.0246. The summed E-state index contributed by atoms with van der Waals surface area (Å²) in [6.45, 7) is 3.97. The molecule has 8 heavy (non-hydrogen) atoms. The monoisotopic (exact) mass is 153 g/mol. The Hall–Kier alpha value is 0.580. The van der Waals surface area contributed by atoms with Crippen molar-refractivity contribution in [1.29, 1.82) is 0 Å². The highest BCUT2D eigenvalue weighted by atomic mass is 35.5. The second-order valence-electron chi connectivity index (χ2n) is 1.81. The lowest BCUT2D eigenvalue weighted by atomic mass is 10.2. The lowest BCUT2D eigenvalue weighted by molar-refractivity contribution is 0.825. The van der Waals surface area contributed by atoms with E-state index in [1.165, 1.54) is 0 Å². The van der Waals surface area contributed by atoms with Gasteiger partial charge in [-0.25, -0.2) is 0 Å². The third kappa shape index (κ3) is 3.57. The molecular formula is C6H11Cl2. The van der Waals surface area contributed by atoms with Crippen molar-refractivity contribution >= 4 is 23.2 Å². The van der Waals surface area contributed by atoms with E-state index in [2.05, 4.69) is 6.92 Å². The smallest absolute Gasteiger partial charge is 0.0812 e. The largest absolute Gasteiger partial charge is 0.121 e. The fraction of sp³-hybridized carbons (Fsp3) is 0.833. The molecule has 1 radical (unpaired) electrons. The van der Waals surface area contributed by atoms with Gasteiger partial charge in [0.25, 0.3) is 0 Å². The first-order valence-corrected chi connectivity index (χ1v) is 3.65. The normalized spacial score (nSPS) is 14.6. The van der Waals surface area contributed by atoms with Crippen LogP contribution in [0.3, 0.4) is 0 Å². The van der Waals surface area contributed by atoms with Gasteiger partial charge in [-0.3, -0.25) is 0 Å². The zero-order chi connectivity index (χ0) is 6.57. The van der Waals surface area contributed by atoms with Gasteiger partial charge in [-0.2, -0.15) is 0 Å². The number of alkyl halides is 1. The quantitative estimate of drug-likeness (QED) is 0.547. The van der Waals surface area contributed by atoms with Crippen molar-refractivity contribution in [3.8, 4) is 0 Å². The van der Waals surface area contributed by atoms with Crippen LogP contribution in [0.25, 0.3) is 0 Å². The van der Waals surface area contributed by atoms with Gasteiger partial charge < -0.3 is 0 Å². The van der Waals surface area contributed by atoms with Crippen LogP contribution in [0.15, 0.2) is 0 Å². The van der Waals surface area contributed by atoms with E-state index in [1.54, 1.807) is 0 Å². The molecule has 0 fully saturated rings.